The molecular formula is C24H22FN5O3. The predicted molar refractivity (Wildman–Crippen MR) is 121 cm³/mol. The number of halogens is 1. The number of aromatic nitrogens is 3. The molecule has 0 radical (unpaired) electrons. The molecular weight excluding hydrogens is 425 g/mol. The topological polar surface area (TPSA) is 104 Å². The molecule has 8 nitrogen and oxygen atoms in total. The Labute approximate surface area is 189 Å². The molecule has 0 unspecified atom stereocenters. The molecule has 1 aliphatic heterocycles. The summed E-state index contributed by atoms with van der Waals surface area (Å²) in [4.78, 5) is 21.4. The van der Waals surface area contributed by atoms with E-state index in [4.69, 9.17) is 25.2 Å². The lowest BCUT2D eigenvalue weighted by molar-refractivity contribution is 0.100. The third kappa shape index (κ3) is 3.82. The molecule has 0 fully saturated rings. The van der Waals surface area contributed by atoms with Crippen LogP contribution in [0.5, 0.6) is 11.6 Å². The highest BCUT2D eigenvalue weighted by Gasteiger charge is 2.23. The Morgan fingerprint density at radius 3 is 2.88 bits per heavy atom. The molecule has 0 saturated carbocycles. The van der Waals surface area contributed by atoms with Gasteiger partial charge in [0.1, 0.15) is 5.82 Å². The number of anilines is 1. The second-order valence-corrected chi connectivity index (χ2v) is 7.71. The summed E-state index contributed by atoms with van der Waals surface area (Å²) in [5, 5.41) is 3.91. The van der Waals surface area contributed by atoms with Gasteiger partial charge in [-0.25, -0.2) is 13.9 Å². The molecule has 3 N–H and O–H groups in total. The van der Waals surface area contributed by atoms with Crippen molar-refractivity contribution in [2.75, 3.05) is 19.0 Å². The minimum Gasteiger partial charge on any atom is -0.488 e. The lowest BCUT2D eigenvalue weighted by Crippen LogP contribution is -2.17. The number of carbonyl (C=O) groups excluding carboxylic acids is 1. The van der Waals surface area contributed by atoms with Crippen LogP contribution in [0.2, 0.25) is 0 Å². The van der Waals surface area contributed by atoms with Gasteiger partial charge in [0.2, 0.25) is 17.7 Å². The minimum absolute atomic E-state index is 0.301. The molecule has 9 heteroatoms. The van der Waals surface area contributed by atoms with Gasteiger partial charge >= 0.3 is 0 Å². The van der Waals surface area contributed by atoms with Gasteiger partial charge < -0.3 is 20.5 Å². The summed E-state index contributed by atoms with van der Waals surface area (Å²) < 4.78 is 26.8. The number of nitrogens with two attached hydrogens (primary N) is 1. The molecule has 1 aliphatic rings. The number of aryl methyl sites for hydroxylation is 1. The Morgan fingerprint density at radius 1 is 1.24 bits per heavy atom. The zero-order valence-electron chi connectivity index (χ0n) is 18.0. The average Bonchev–Trinajstić information content (AvgIpc) is 3.21. The van der Waals surface area contributed by atoms with Crippen molar-refractivity contribution in [2.45, 2.75) is 19.4 Å². The van der Waals surface area contributed by atoms with Gasteiger partial charge in [0.25, 0.3) is 0 Å². The summed E-state index contributed by atoms with van der Waals surface area (Å²) in [6.07, 6.45) is 1.57. The number of carbonyl (C=O) groups is 1. The molecule has 33 heavy (non-hydrogen) atoms. The van der Waals surface area contributed by atoms with Crippen LogP contribution in [0.15, 0.2) is 48.5 Å². The summed E-state index contributed by atoms with van der Waals surface area (Å²) in [5.41, 5.74) is 8.18. The number of methoxy groups -OCH3 is 1. The van der Waals surface area contributed by atoms with Crippen LogP contribution >= 0.6 is 0 Å². The van der Waals surface area contributed by atoms with Crippen molar-refractivity contribution in [3.63, 3.8) is 0 Å². The second-order valence-electron chi connectivity index (χ2n) is 7.71. The number of nitrogens with zero attached hydrogens (tertiary/aromatic N) is 3. The van der Waals surface area contributed by atoms with Gasteiger partial charge in [0, 0.05) is 23.6 Å². The van der Waals surface area contributed by atoms with Crippen LogP contribution in [0.3, 0.4) is 0 Å². The number of hydrogen-bond donors (Lipinski definition) is 2. The molecule has 0 atom stereocenters. The molecule has 0 aliphatic carbocycles. The number of fused-ring (bicyclic) bond motifs is 2. The first kappa shape index (κ1) is 20.7. The third-order valence-corrected chi connectivity index (χ3v) is 5.56. The lowest BCUT2D eigenvalue weighted by Gasteiger charge is -2.21. The second kappa shape index (κ2) is 8.42. The van der Waals surface area contributed by atoms with E-state index < -0.39 is 5.91 Å². The highest BCUT2D eigenvalue weighted by molar-refractivity contribution is 6.06. The molecule has 5 rings (SSSR count). The zero-order valence-corrected chi connectivity index (χ0v) is 18.0. The summed E-state index contributed by atoms with van der Waals surface area (Å²) in [7, 11) is 1.54. The number of primary amides is 1. The van der Waals surface area contributed by atoms with Crippen LogP contribution in [0.25, 0.3) is 16.9 Å². The van der Waals surface area contributed by atoms with Crippen molar-refractivity contribution in [3.8, 4) is 17.6 Å². The largest absolute Gasteiger partial charge is 0.488 e. The van der Waals surface area contributed by atoms with Crippen molar-refractivity contribution in [1.82, 2.24) is 14.5 Å². The highest BCUT2D eigenvalue weighted by atomic mass is 19.1. The molecule has 0 bridgehead atoms. The van der Waals surface area contributed by atoms with Crippen molar-refractivity contribution >= 4 is 22.6 Å². The van der Waals surface area contributed by atoms with Crippen LogP contribution in [0.1, 0.15) is 28.0 Å². The van der Waals surface area contributed by atoms with Crippen LogP contribution in [-0.4, -0.2) is 34.2 Å². The van der Waals surface area contributed by atoms with Gasteiger partial charge in [-0.15, -0.1) is 0 Å². The maximum Gasteiger partial charge on any atom is 0.249 e. The maximum atomic E-state index is 13.6. The quantitative estimate of drug-likeness (QED) is 0.468. The first-order valence-corrected chi connectivity index (χ1v) is 10.6. The van der Waals surface area contributed by atoms with E-state index in [1.165, 1.54) is 12.1 Å². The number of nitrogens with one attached hydrogen (secondary N) is 1. The van der Waals surface area contributed by atoms with Gasteiger partial charge in [-0.1, -0.05) is 18.2 Å². The van der Waals surface area contributed by atoms with Crippen molar-refractivity contribution in [3.05, 3.63) is 71.2 Å². The number of benzene rings is 2. The Hall–Kier alpha value is -4.14. The fourth-order valence-corrected chi connectivity index (χ4v) is 4.05. The maximum absolute atomic E-state index is 13.6. The molecule has 2 aromatic carbocycles. The van der Waals surface area contributed by atoms with Crippen LogP contribution in [0.4, 0.5) is 10.2 Å². The van der Waals surface area contributed by atoms with E-state index in [1.807, 2.05) is 12.1 Å². The normalized spacial score (nSPS) is 12.8. The van der Waals surface area contributed by atoms with E-state index in [-0.39, 0.29) is 5.82 Å². The monoisotopic (exact) mass is 447 g/mol. The summed E-state index contributed by atoms with van der Waals surface area (Å²) in [6, 6.07) is 13.4. The van der Waals surface area contributed by atoms with Gasteiger partial charge in [-0.3, -0.25) is 4.79 Å². The molecule has 4 aromatic rings. The van der Waals surface area contributed by atoms with Gasteiger partial charge in [-0.2, -0.15) is 4.98 Å². The van der Waals surface area contributed by atoms with Gasteiger partial charge in [0.05, 0.1) is 24.9 Å². The molecule has 0 saturated heterocycles. The molecule has 168 valence electrons. The van der Waals surface area contributed by atoms with Crippen molar-refractivity contribution < 1.29 is 18.7 Å². The van der Waals surface area contributed by atoms with E-state index >= 15 is 0 Å². The zero-order chi connectivity index (χ0) is 22.9. The third-order valence-electron chi connectivity index (χ3n) is 5.56. The van der Waals surface area contributed by atoms with Crippen LogP contribution < -0.4 is 20.5 Å². The van der Waals surface area contributed by atoms with E-state index in [1.54, 1.807) is 35.9 Å². The Balaban J connectivity index is 1.63. The van der Waals surface area contributed by atoms with Crippen LogP contribution in [0, 0.1) is 5.82 Å². The summed E-state index contributed by atoms with van der Waals surface area (Å²) >= 11 is 0. The van der Waals surface area contributed by atoms with E-state index in [2.05, 4.69) is 5.32 Å². The summed E-state index contributed by atoms with van der Waals surface area (Å²) in [6.45, 7) is 0.932. The smallest absolute Gasteiger partial charge is 0.249 e. The van der Waals surface area contributed by atoms with Crippen molar-refractivity contribution in [1.29, 1.82) is 0 Å². The SMILES string of the molecule is COc1cc2c(C(N)=O)cccc2n1-c1nc2c(c(NCc3cccc(F)c3)n1)OCCC2. The van der Waals surface area contributed by atoms with E-state index in [0.29, 0.717) is 53.0 Å². The number of hydrogen-bond acceptors (Lipinski definition) is 6. The number of amides is 1. The Kier molecular flexibility index (Phi) is 5.29. The van der Waals surface area contributed by atoms with E-state index in [9.17, 15) is 9.18 Å². The highest BCUT2D eigenvalue weighted by Crippen LogP contribution is 2.35. The number of ether oxygens (including phenoxy) is 2. The van der Waals surface area contributed by atoms with Gasteiger partial charge in [-0.05, 0) is 42.7 Å². The standard InChI is InChI=1S/C24H22FN5O3/c1-32-20-12-17-16(22(26)31)7-3-9-19(17)30(20)24-28-18-8-4-10-33-21(18)23(29-24)27-13-14-5-2-6-15(25)11-14/h2-3,5-7,9,11-12H,4,8,10,13H2,1H3,(H2,26,31)(H,27,28,29). The van der Waals surface area contributed by atoms with E-state index in [0.717, 1.165) is 24.1 Å². The molecule has 1 amide bonds. The molecule has 0 spiro atoms. The minimum atomic E-state index is -0.530. The summed E-state index contributed by atoms with van der Waals surface area (Å²) in [5.74, 6) is 1.10. The first-order valence-electron chi connectivity index (χ1n) is 10.6. The average molecular weight is 447 g/mol. The fourth-order valence-electron chi connectivity index (χ4n) is 4.05. The molecule has 3 heterocycles. The van der Waals surface area contributed by atoms with Crippen molar-refractivity contribution in [2.24, 2.45) is 5.73 Å². The fraction of sp³-hybridized carbons (Fsp3) is 0.208. The first-order chi connectivity index (χ1) is 16.0. The molecule has 2 aromatic heterocycles. The predicted octanol–water partition coefficient (Wildman–Crippen LogP) is 3.60. The Bertz CT molecular complexity index is 1370. The van der Waals surface area contributed by atoms with Crippen LogP contribution in [-0.2, 0) is 13.0 Å². The number of rotatable bonds is 6. The lowest BCUT2D eigenvalue weighted by atomic mass is 10.1. The van der Waals surface area contributed by atoms with Gasteiger partial charge in [0.15, 0.2) is 11.6 Å². The Morgan fingerprint density at radius 2 is 2.09 bits per heavy atom.